The first-order valence-corrected chi connectivity index (χ1v) is 11.6. The van der Waals surface area contributed by atoms with Crippen molar-refractivity contribution < 1.29 is 24.9 Å². The van der Waals surface area contributed by atoms with E-state index in [9.17, 15) is 20.1 Å². The molecular formula is C25H27N7O5. The Balaban J connectivity index is 1.53. The summed E-state index contributed by atoms with van der Waals surface area (Å²) in [6, 6.07) is 14.9. The van der Waals surface area contributed by atoms with Gasteiger partial charge in [-0.05, 0) is 35.4 Å². The fraction of sp³-hybridized carbons (Fsp3) is 0.280. The summed E-state index contributed by atoms with van der Waals surface area (Å²) in [5, 5.41) is 33.3. The van der Waals surface area contributed by atoms with Gasteiger partial charge in [-0.1, -0.05) is 24.3 Å². The van der Waals surface area contributed by atoms with Gasteiger partial charge in [0.2, 0.25) is 5.95 Å². The standard InChI is InChI=1S/C25H27N7O5/c1-27-23(36)15-5-3-4-14(10-15)13-6-8-16(9-7-13)31(2)25-30-18-21(26)28-12-29-22(18)32(25)24-20(35)19(34)17(11-33)37-24/h3-10,12,17,19-20,24,33-35H,11H2,1-2H3,(H,27,36)(H2,26,28,29)/t17-,19-,20-,24-/m1/s1. The number of aliphatic hydroxyl groups is 3. The predicted molar refractivity (Wildman–Crippen MR) is 136 cm³/mol. The molecule has 12 heteroatoms. The number of hydrogen-bond donors (Lipinski definition) is 5. The number of imidazole rings is 1. The number of nitrogen functional groups attached to an aromatic ring is 1. The SMILES string of the molecule is CNC(=O)c1cccc(-c2ccc(N(C)c3nc4c(N)ncnc4n3[C@@H]3O[C@H](CO)[C@@H](O)[C@H]3O)cc2)c1. The predicted octanol–water partition coefficient (Wildman–Crippen LogP) is 0.814. The van der Waals surface area contributed by atoms with Gasteiger partial charge in [0.1, 0.15) is 24.6 Å². The second kappa shape index (κ2) is 9.75. The number of fused-ring (bicyclic) bond motifs is 1. The third-order valence-corrected chi connectivity index (χ3v) is 6.50. The molecule has 0 unspecified atom stereocenters. The molecule has 2 aromatic heterocycles. The van der Waals surface area contributed by atoms with Crippen molar-refractivity contribution in [3.8, 4) is 11.1 Å². The average Bonchev–Trinajstić information content (AvgIpc) is 3.45. The van der Waals surface area contributed by atoms with Gasteiger partial charge in [0.25, 0.3) is 5.91 Å². The van der Waals surface area contributed by atoms with E-state index in [1.807, 2.05) is 42.5 Å². The number of nitrogens with one attached hydrogen (secondary N) is 1. The molecule has 37 heavy (non-hydrogen) atoms. The fourth-order valence-corrected chi connectivity index (χ4v) is 4.46. The molecule has 4 atom stereocenters. The first-order chi connectivity index (χ1) is 17.8. The van der Waals surface area contributed by atoms with E-state index >= 15 is 0 Å². The Morgan fingerprint density at radius 3 is 2.57 bits per heavy atom. The van der Waals surface area contributed by atoms with Crippen molar-refractivity contribution >= 4 is 34.5 Å². The van der Waals surface area contributed by atoms with Crippen LogP contribution in [-0.2, 0) is 4.74 Å². The number of hydrogen-bond acceptors (Lipinski definition) is 10. The first kappa shape index (κ1) is 24.6. The van der Waals surface area contributed by atoms with Crippen molar-refractivity contribution in [1.82, 2.24) is 24.8 Å². The molecular weight excluding hydrogens is 478 g/mol. The van der Waals surface area contributed by atoms with Crippen molar-refractivity contribution in [3.63, 3.8) is 0 Å². The van der Waals surface area contributed by atoms with Gasteiger partial charge in [0.15, 0.2) is 23.2 Å². The van der Waals surface area contributed by atoms with Gasteiger partial charge in [0.05, 0.1) is 6.61 Å². The van der Waals surface area contributed by atoms with E-state index in [4.69, 9.17) is 10.5 Å². The maximum absolute atomic E-state index is 12.0. The number of nitrogens with two attached hydrogens (primary N) is 1. The second-order valence-electron chi connectivity index (χ2n) is 8.71. The molecule has 5 rings (SSSR count). The number of nitrogens with zero attached hydrogens (tertiary/aromatic N) is 5. The zero-order chi connectivity index (χ0) is 26.3. The van der Waals surface area contributed by atoms with Crippen LogP contribution in [0.15, 0.2) is 54.9 Å². The minimum absolute atomic E-state index is 0.150. The number of amides is 1. The number of benzene rings is 2. The van der Waals surface area contributed by atoms with Crippen LogP contribution in [0.3, 0.4) is 0 Å². The molecule has 0 saturated carbocycles. The largest absolute Gasteiger partial charge is 0.394 e. The van der Waals surface area contributed by atoms with Gasteiger partial charge < -0.3 is 36.0 Å². The third kappa shape index (κ3) is 4.25. The Morgan fingerprint density at radius 2 is 1.89 bits per heavy atom. The van der Waals surface area contributed by atoms with E-state index in [-0.39, 0.29) is 11.7 Å². The molecule has 2 aromatic carbocycles. The van der Waals surface area contributed by atoms with E-state index in [2.05, 4.69) is 20.3 Å². The van der Waals surface area contributed by atoms with Crippen LogP contribution in [0.4, 0.5) is 17.5 Å². The Morgan fingerprint density at radius 1 is 1.14 bits per heavy atom. The lowest BCUT2D eigenvalue weighted by Crippen LogP contribution is -2.33. The molecule has 192 valence electrons. The molecule has 4 aromatic rings. The first-order valence-electron chi connectivity index (χ1n) is 11.6. The molecule has 1 saturated heterocycles. The van der Waals surface area contributed by atoms with Gasteiger partial charge in [-0.2, -0.15) is 0 Å². The fourth-order valence-electron chi connectivity index (χ4n) is 4.46. The normalized spacial score (nSPS) is 21.3. The smallest absolute Gasteiger partial charge is 0.251 e. The molecule has 1 aliphatic heterocycles. The average molecular weight is 506 g/mol. The molecule has 12 nitrogen and oxygen atoms in total. The summed E-state index contributed by atoms with van der Waals surface area (Å²) >= 11 is 0. The maximum Gasteiger partial charge on any atom is 0.251 e. The van der Waals surface area contributed by atoms with Crippen molar-refractivity contribution in [2.75, 3.05) is 31.3 Å². The summed E-state index contributed by atoms with van der Waals surface area (Å²) in [5.74, 6) is 0.326. The van der Waals surface area contributed by atoms with E-state index in [0.717, 1.165) is 16.8 Å². The summed E-state index contributed by atoms with van der Waals surface area (Å²) in [4.78, 5) is 26.7. The highest BCUT2D eigenvalue weighted by molar-refractivity contribution is 5.95. The number of carbonyl (C=O) groups excluding carboxylic acids is 1. The number of rotatable bonds is 6. The number of ether oxygens (including phenoxy) is 1. The summed E-state index contributed by atoms with van der Waals surface area (Å²) < 4.78 is 7.32. The van der Waals surface area contributed by atoms with Crippen LogP contribution in [-0.4, -0.2) is 79.8 Å². The topological polar surface area (TPSA) is 172 Å². The van der Waals surface area contributed by atoms with E-state index in [1.165, 1.54) is 10.9 Å². The third-order valence-electron chi connectivity index (χ3n) is 6.50. The molecule has 1 fully saturated rings. The van der Waals surface area contributed by atoms with E-state index in [1.54, 1.807) is 25.1 Å². The molecule has 0 spiro atoms. The summed E-state index contributed by atoms with van der Waals surface area (Å²) in [7, 11) is 3.37. The monoisotopic (exact) mass is 505 g/mol. The molecule has 3 heterocycles. The van der Waals surface area contributed by atoms with Gasteiger partial charge in [0, 0.05) is 25.3 Å². The highest BCUT2D eigenvalue weighted by atomic mass is 16.6. The van der Waals surface area contributed by atoms with Crippen molar-refractivity contribution in [2.24, 2.45) is 0 Å². The Bertz CT molecular complexity index is 1440. The van der Waals surface area contributed by atoms with Crippen LogP contribution in [0.2, 0.25) is 0 Å². The summed E-state index contributed by atoms with van der Waals surface area (Å²) in [6.07, 6.45) is -3.40. The van der Waals surface area contributed by atoms with Crippen molar-refractivity contribution in [3.05, 3.63) is 60.4 Å². The second-order valence-corrected chi connectivity index (χ2v) is 8.71. The Kier molecular flexibility index (Phi) is 6.48. The zero-order valence-corrected chi connectivity index (χ0v) is 20.2. The highest BCUT2D eigenvalue weighted by Crippen LogP contribution is 2.38. The molecule has 0 radical (unpaired) electrons. The molecule has 1 amide bonds. The van der Waals surface area contributed by atoms with Crippen molar-refractivity contribution in [2.45, 2.75) is 24.5 Å². The summed E-state index contributed by atoms with van der Waals surface area (Å²) in [6.45, 7) is -0.466. The Hall–Kier alpha value is -4.10. The number of aliphatic hydroxyl groups excluding tert-OH is 3. The zero-order valence-electron chi connectivity index (χ0n) is 20.2. The number of aromatic nitrogens is 4. The molecule has 0 aliphatic carbocycles. The highest BCUT2D eigenvalue weighted by Gasteiger charge is 2.45. The van der Waals surface area contributed by atoms with Gasteiger partial charge in [-0.15, -0.1) is 0 Å². The van der Waals surface area contributed by atoms with Gasteiger partial charge >= 0.3 is 0 Å². The molecule has 0 bridgehead atoms. The minimum atomic E-state index is -1.34. The lowest BCUT2D eigenvalue weighted by Gasteiger charge is -2.24. The lowest BCUT2D eigenvalue weighted by molar-refractivity contribution is -0.0503. The van der Waals surface area contributed by atoms with Gasteiger partial charge in [-0.25, -0.2) is 15.0 Å². The van der Waals surface area contributed by atoms with Crippen LogP contribution >= 0.6 is 0 Å². The van der Waals surface area contributed by atoms with E-state index in [0.29, 0.717) is 22.7 Å². The van der Waals surface area contributed by atoms with Crippen LogP contribution < -0.4 is 16.0 Å². The lowest BCUT2D eigenvalue weighted by atomic mass is 10.0. The van der Waals surface area contributed by atoms with Crippen molar-refractivity contribution in [1.29, 1.82) is 0 Å². The molecule has 1 aliphatic rings. The number of anilines is 3. The number of carbonyl (C=O) groups is 1. The van der Waals surface area contributed by atoms with E-state index < -0.39 is 31.1 Å². The minimum Gasteiger partial charge on any atom is -0.394 e. The van der Waals surface area contributed by atoms with Crippen LogP contribution in [0, 0.1) is 0 Å². The van der Waals surface area contributed by atoms with Crippen LogP contribution in [0.25, 0.3) is 22.3 Å². The Labute approximate surface area is 212 Å². The van der Waals surface area contributed by atoms with Gasteiger partial charge in [-0.3, -0.25) is 9.36 Å². The van der Waals surface area contributed by atoms with Crippen LogP contribution in [0.1, 0.15) is 16.6 Å². The summed E-state index contributed by atoms with van der Waals surface area (Å²) in [5.41, 5.74) is 9.79. The van der Waals surface area contributed by atoms with Crippen LogP contribution in [0.5, 0.6) is 0 Å². The quantitative estimate of drug-likeness (QED) is 0.252. The maximum atomic E-state index is 12.0. The molecule has 6 N–H and O–H groups in total.